The molecule has 2 N–H and O–H groups in total. The first-order valence-corrected chi connectivity index (χ1v) is 4.27. The molecule has 1 aliphatic rings. The molecule has 1 aromatic heterocycles. The number of anilines is 2. The van der Waals surface area contributed by atoms with Crippen molar-refractivity contribution in [1.29, 1.82) is 0 Å². The highest BCUT2D eigenvalue weighted by Gasteiger charge is 2.24. The van der Waals surface area contributed by atoms with Gasteiger partial charge in [-0.15, -0.1) is 12.3 Å². The molecule has 0 radical (unpaired) electrons. The second-order valence-electron chi connectivity index (χ2n) is 2.99. The molecule has 0 saturated heterocycles. The molecule has 4 heteroatoms. The quantitative estimate of drug-likeness (QED) is 0.640. The Morgan fingerprint density at radius 2 is 2.50 bits per heavy atom. The summed E-state index contributed by atoms with van der Waals surface area (Å²) in [7, 11) is 0. The molecule has 1 atom stereocenters. The van der Waals surface area contributed by atoms with Crippen molar-refractivity contribution in [2.75, 3.05) is 10.6 Å². The number of carbonyl (C=O) groups excluding carboxylic acids is 1. The zero-order valence-corrected chi connectivity index (χ0v) is 7.45. The van der Waals surface area contributed by atoms with Crippen LogP contribution < -0.4 is 10.6 Å². The predicted molar refractivity (Wildman–Crippen MR) is 53.7 cm³/mol. The van der Waals surface area contributed by atoms with Crippen LogP contribution in [-0.4, -0.2) is 16.9 Å². The van der Waals surface area contributed by atoms with Crippen LogP contribution in [0, 0.1) is 12.3 Å². The molecule has 14 heavy (non-hydrogen) atoms. The highest BCUT2D eigenvalue weighted by atomic mass is 16.2. The second kappa shape index (κ2) is 3.38. The number of hydrogen-bond donors (Lipinski definition) is 2. The first-order chi connectivity index (χ1) is 6.81. The lowest BCUT2D eigenvalue weighted by molar-refractivity contribution is -0.117. The fraction of sp³-hybridized carbons (Fsp3) is 0.200. The molecule has 1 unspecified atom stereocenters. The Morgan fingerprint density at radius 3 is 3.29 bits per heavy atom. The topological polar surface area (TPSA) is 54.0 Å². The number of pyridine rings is 1. The van der Waals surface area contributed by atoms with Gasteiger partial charge in [-0.3, -0.25) is 4.79 Å². The summed E-state index contributed by atoms with van der Waals surface area (Å²) in [5.74, 6) is 2.89. The number of hydrogen-bond acceptors (Lipinski definition) is 3. The minimum absolute atomic E-state index is 0.130. The van der Waals surface area contributed by atoms with Crippen LogP contribution in [0.25, 0.3) is 0 Å². The van der Waals surface area contributed by atoms with E-state index in [1.165, 1.54) is 0 Å². The maximum absolute atomic E-state index is 11.4. The van der Waals surface area contributed by atoms with E-state index >= 15 is 0 Å². The Hall–Kier alpha value is -2.02. The molecular formula is C10H9N3O. The smallest absolute Gasteiger partial charge is 0.249 e. The van der Waals surface area contributed by atoms with Gasteiger partial charge in [-0.2, -0.15) is 0 Å². The average molecular weight is 187 g/mol. The molecule has 0 saturated carbocycles. The standard InChI is InChI=1S/C10H9N3O/c1-2-4-8-10(14)13-9-7(12-8)5-3-6-11-9/h1,3,5-6,8,12H,4H2,(H,11,13,14). The van der Waals surface area contributed by atoms with Crippen molar-refractivity contribution >= 4 is 17.4 Å². The predicted octanol–water partition coefficient (Wildman–Crippen LogP) is 0.837. The first-order valence-electron chi connectivity index (χ1n) is 4.27. The second-order valence-corrected chi connectivity index (χ2v) is 2.99. The number of carbonyl (C=O) groups is 1. The number of amides is 1. The van der Waals surface area contributed by atoms with E-state index in [0.717, 1.165) is 5.69 Å². The molecule has 2 heterocycles. The summed E-state index contributed by atoms with van der Waals surface area (Å²) >= 11 is 0. The van der Waals surface area contributed by atoms with E-state index in [1.54, 1.807) is 12.3 Å². The molecular weight excluding hydrogens is 178 g/mol. The lowest BCUT2D eigenvalue weighted by atomic mass is 10.1. The van der Waals surface area contributed by atoms with Crippen molar-refractivity contribution in [3.05, 3.63) is 18.3 Å². The molecule has 70 valence electrons. The van der Waals surface area contributed by atoms with Gasteiger partial charge < -0.3 is 10.6 Å². The summed E-state index contributed by atoms with van der Waals surface area (Å²) in [6, 6.07) is 3.30. The highest BCUT2D eigenvalue weighted by molar-refractivity contribution is 6.01. The fourth-order valence-electron chi connectivity index (χ4n) is 1.34. The summed E-state index contributed by atoms with van der Waals surface area (Å²) in [4.78, 5) is 15.5. The van der Waals surface area contributed by atoms with Gasteiger partial charge in [0.25, 0.3) is 0 Å². The van der Waals surface area contributed by atoms with Crippen LogP contribution in [0.15, 0.2) is 18.3 Å². The van der Waals surface area contributed by atoms with Crippen LogP contribution in [-0.2, 0) is 4.79 Å². The van der Waals surface area contributed by atoms with E-state index in [9.17, 15) is 4.79 Å². The minimum atomic E-state index is -0.350. The van der Waals surface area contributed by atoms with Crippen molar-refractivity contribution in [2.45, 2.75) is 12.5 Å². The van der Waals surface area contributed by atoms with Crippen molar-refractivity contribution in [3.63, 3.8) is 0 Å². The van der Waals surface area contributed by atoms with Gasteiger partial charge in [0.2, 0.25) is 5.91 Å². The summed E-state index contributed by atoms with van der Waals surface area (Å²) in [6.07, 6.45) is 7.16. The third kappa shape index (κ3) is 1.40. The summed E-state index contributed by atoms with van der Waals surface area (Å²) in [5.41, 5.74) is 0.812. The van der Waals surface area contributed by atoms with E-state index in [0.29, 0.717) is 12.2 Å². The Balaban J connectivity index is 2.28. The number of nitrogens with zero attached hydrogens (tertiary/aromatic N) is 1. The van der Waals surface area contributed by atoms with Crippen LogP contribution in [0.4, 0.5) is 11.5 Å². The molecule has 0 aliphatic carbocycles. The third-order valence-electron chi connectivity index (χ3n) is 2.02. The van der Waals surface area contributed by atoms with Crippen molar-refractivity contribution in [1.82, 2.24) is 4.98 Å². The molecule has 0 spiro atoms. The summed E-state index contributed by atoms with van der Waals surface area (Å²) in [6.45, 7) is 0. The monoisotopic (exact) mass is 187 g/mol. The van der Waals surface area contributed by atoms with E-state index in [4.69, 9.17) is 6.42 Å². The van der Waals surface area contributed by atoms with Crippen molar-refractivity contribution < 1.29 is 4.79 Å². The van der Waals surface area contributed by atoms with Crippen LogP contribution in [0.5, 0.6) is 0 Å². The molecule has 0 fully saturated rings. The van der Waals surface area contributed by atoms with E-state index in [2.05, 4.69) is 21.5 Å². The zero-order chi connectivity index (χ0) is 9.97. The van der Waals surface area contributed by atoms with Crippen LogP contribution >= 0.6 is 0 Å². The Kier molecular flexibility index (Phi) is 2.07. The average Bonchev–Trinajstić information content (AvgIpc) is 2.19. The van der Waals surface area contributed by atoms with E-state index in [-0.39, 0.29) is 11.9 Å². The number of rotatable bonds is 1. The molecule has 0 bridgehead atoms. The van der Waals surface area contributed by atoms with Gasteiger partial charge in [-0.05, 0) is 12.1 Å². The Labute approximate surface area is 81.7 Å². The largest absolute Gasteiger partial charge is 0.370 e. The normalized spacial score (nSPS) is 18.8. The van der Waals surface area contributed by atoms with Crippen LogP contribution in [0.3, 0.4) is 0 Å². The van der Waals surface area contributed by atoms with Crippen LogP contribution in [0.2, 0.25) is 0 Å². The number of terminal acetylenes is 1. The Morgan fingerprint density at radius 1 is 1.64 bits per heavy atom. The molecule has 4 nitrogen and oxygen atoms in total. The molecule has 1 amide bonds. The maximum atomic E-state index is 11.4. The SMILES string of the molecule is C#CCC1Nc2cccnc2NC1=O. The minimum Gasteiger partial charge on any atom is -0.370 e. The highest BCUT2D eigenvalue weighted by Crippen LogP contribution is 2.23. The van der Waals surface area contributed by atoms with Crippen molar-refractivity contribution in [2.24, 2.45) is 0 Å². The zero-order valence-electron chi connectivity index (χ0n) is 7.45. The van der Waals surface area contributed by atoms with Gasteiger partial charge in [0, 0.05) is 12.6 Å². The van der Waals surface area contributed by atoms with Gasteiger partial charge >= 0.3 is 0 Å². The first kappa shape index (κ1) is 8.57. The lowest BCUT2D eigenvalue weighted by Gasteiger charge is -2.24. The van der Waals surface area contributed by atoms with Gasteiger partial charge in [0.1, 0.15) is 6.04 Å². The summed E-state index contributed by atoms with van der Waals surface area (Å²) in [5, 5.41) is 5.72. The maximum Gasteiger partial charge on any atom is 0.249 e. The molecule has 1 aromatic rings. The lowest BCUT2D eigenvalue weighted by Crippen LogP contribution is -2.38. The fourth-order valence-corrected chi connectivity index (χ4v) is 1.34. The van der Waals surface area contributed by atoms with E-state index < -0.39 is 0 Å². The van der Waals surface area contributed by atoms with Crippen LogP contribution in [0.1, 0.15) is 6.42 Å². The molecule has 1 aliphatic heterocycles. The number of aromatic nitrogens is 1. The molecule has 0 aromatic carbocycles. The molecule has 2 rings (SSSR count). The number of fused-ring (bicyclic) bond motifs is 1. The van der Waals surface area contributed by atoms with Gasteiger partial charge in [-0.1, -0.05) is 0 Å². The van der Waals surface area contributed by atoms with Crippen molar-refractivity contribution in [3.8, 4) is 12.3 Å². The number of nitrogens with one attached hydrogen (secondary N) is 2. The van der Waals surface area contributed by atoms with E-state index in [1.807, 2.05) is 6.07 Å². The van der Waals surface area contributed by atoms with Gasteiger partial charge in [0.05, 0.1) is 5.69 Å². The van der Waals surface area contributed by atoms with Gasteiger partial charge in [0.15, 0.2) is 5.82 Å². The third-order valence-corrected chi connectivity index (χ3v) is 2.02. The summed E-state index contributed by atoms with van der Waals surface area (Å²) < 4.78 is 0. The van der Waals surface area contributed by atoms with Gasteiger partial charge in [-0.25, -0.2) is 4.98 Å². The Bertz CT molecular complexity index is 408.